The molecule has 0 bridgehead atoms. The topological polar surface area (TPSA) is 105 Å². The van der Waals surface area contributed by atoms with Crippen molar-refractivity contribution in [1.29, 1.82) is 0 Å². The highest BCUT2D eigenvalue weighted by atomic mass is 16.5. The Morgan fingerprint density at radius 2 is 1.82 bits per heavy atom. The van der Waals surface area contributed by atoms with Crippen LogP contribution in [0.4, 0.5) is 5.95 Å². The third kappa shape index (κ3) is 5.10. The number of ether oxygens (including phenoxy) is 2. The second kappa shape index (κ2) is 10.6. The maximum Gasteiger partial charge on any atom is 0.302 e. The number of imidazole rings is 1. The van der Waals surface area contributed by atoms with Gasteiger partial charge in [-0.2, -0.15) is 0 Å². The third-order valence-corrected chi connectivity index (χ3v) is 6.45. The molecule has 1 amide bonds. The van der Waals surface area contributed by atoms with Gasteiger partial charge in [0, 0.05) is 5.56 Å². The van der Waals surface area contributed by atoms with E-state index in [1.54, 1.807) is 48.5 Å². The number of Topliss-reactive ketones (excluding diaryl/α,β-unsaturated/α-hetero) is 1. The second-order valence-corrected chi connectivity index (χ2v) is 9.86. The average Bonchev–Trinajstić information content (AvgIpc) is 3.45. The van der Waals surface area contributed by atoms with Gasteiger partial charge in [-0.15, -0.1) is 0 Å². The van der Waals surface area contributed by atoms with Crippen LogP contribution in [0.25, 0.3) is 16.8 Å². The Morgan fingerprint density at radius 3 is 2.54 bits per heavy atom. The molecule has 0 radical (unpaired) electrons. The van der Waals surface area contributed by atoms with Gasteiger partial charge in [0.25, 0.3) is 5.78 Å². The zero-order valence-corrected chi connectivity index (χ0v) is 22.4. The minimum atomic E-state index is -0.917. The molecule has 5 rings (SSSR count). The fourth-order valence-corrected chi connectivity index (χ4v) is 4.70. The zero-order valence-electron chi connectivity index (χ0n) is 22.4. The van der Waals surface area contributed by atoms with E-state index < -0.39 is 17.7 Å². The number of ketones is 1. The molecular formula is C31H31N3O5. The quantitative estimate of drug-likeness (QED) is 0.164. The van der Waals surface area contributed by atoms with E-state index in [9.17, 15) is 14.7 Å². The van der Waals surface area contributed by atoms with Crippen LogP contribution < -0.4 is 14.4 Å². The lowest BCUT2D eigenvalue weighted by molar-refractivity contribution is -0.132. The molecule has 2 N–H and O–H groups in total. The molecule has 1 unspecified atom stereocenters. The highest BCUT2D eigenvalue weighted by Crippen LogP contribution is 2.42. The summed E-state index contributed by atoms with van der Waals surface area (Å²) < 4.78 is 11.5. The van der Waals surface area contributed by atoms with E-state index in [4.69, 9.17) is 9.47 Å². The predicted molar refractivity (Wildman–Crippen MR) is 150 cm³/mol. The molecule has 2 heterocycles. The molecular weight excluding hydrogens is 494 g/mol. The number of aromatic amines is 1. The summed E-state index contributed by atoms with van der Waals surface area (Å²) in [5.74, 6) is -0.406. The molecule has 1 aliphatic heterocycles. The van der Waals surface area contributed by atoms with Crippen LogP contribution in [0.3, 0.4) is 0 Å². The maximum absolute atomic E-state index is 13.5. The van der Waals surface area contributed by atoms with Crippen molar-refractivity contribution in [1.82, 2.24) is 9.97 Å². The lowest BCUT2D eigenvalue weighted by Gasteiger charge is -2.23. The van der Waals surface area contributed by atoms with Gasteiger partial charge in [-0.25, -0.2) is 4.98 Å². The molecule has 0 aliphatic carbocycles. The predicted octanol–water partition coefficient (Wildman–Crippen LogP) is 6.07. The van der Waals surface area contributed by atoms with Gasteiger partial charge >= 0.3 is 5.91 Å². The zero-order chi connectivity index (χ0) is 27.7. The number of hydrogen-bond donors (Lipinski definition) is 2. The average molecular weight is 526 g/mol. The van der Waals surface area contributed by atoms with Crippen molar-refractivity contribution < 1.29 is 24.2 Å². The van der Waals surface area contributed by atoms with E-state index in [1.165, 1.54) is 4.90 Å². The fourth-order valence-electron chi connectivity index (χ4n) is 4.70. The molecule has 8 nitrogen and oxygen atoms in total. The smallest absolute Gasteiger partial charge is 0.302 e. The molecule has 1 fully saturated rings. The number of amides is 1. The van der Waals surface area contributed by atoms with Gasteiger partial charge < -0.3 is 19.6 Å². The number of benzene rings is 3. The molecule has 1 aliphatic rings. The first-order chi connectivity index (χ1) is 18.8. The van der Waals surface area contributed by atoms with Crippen molar-refractivity contribution in [3.63, 3.8) is 0 Å². The molecule has 200 valence electrons. The number of carbonyl (C=O) groups excluding carboxylic acids is 2. The van der Waals surface area contributed by atoms with Crippen molar-refractivity contribution in [2.45, 2.75) is 46.3 Å². The highest BCUT2D eigenvalue weighted by molar-refractivity contribution is 6.51. The van der Waals surface area contributed by atoms with Crippen molar-refractivity contribution in [2.24, 2.45) is 0 Å². The SMILES string of the molecule is CCCOc1cccc(/C(O)=C2\C(=O)C(=O)N(c3nc4ccc(C)cc4[nH]3)C2c2ccc(OC(C)C)cc2)c1. The highest BCUT2D eigenvalue weighted by Gasteiger charge is 2.48. The Bertz CT molecular complexity index is 1570. The van der Waals surface area contributed by atoms with Crippen LogP contribution in [0, 0.1) is 6.92 Å². The number of hydrogen-bond acceptors (Lipinski definition) is 6. The molecule has 0 saturated carbocycles. The fraction of sp³-hybridized carbons (Fsp3) is 0.258. The maximum atomic E-state index is 13.5. The van der Waals surface area contributed by atoms with Crippen molar-refractivity contribution in [2.75, 3.05) is 11.5 Å². The van der Waals surface area contributed by atoms with Crippen LogP contribution in [0.1, 0.15) is 49.9 Å². The minimum Gasteiger partial charge on any atom is -0.507 e. The normalized spacial score (nSPS) is 16.8. The number of carbonyl (C=O) groups is 2. The summed E-state index contributed by atoms with van der Waals surface area (Å²) in [6.45, 7) is 8.35. The van der Waals surface area contributed by atoms with Crippen LogP contribution in [0.15, 0.2) is 72.3 Å². The summed E-state index contributed by atoms with van der Waals surface area (Å²) in [4.78, 5) is 36.2. The monoisotopic (exact) mass is 525 g/mol. The largest absolute Gasteiger partial charge is 0.507 e. The van der Waals surface area contributed by atoms with E-state index in [1.807, 2.05) is 45.9 Å². The molecule has 1 atom stereocenters. The van der Waals surface area contributed by atoms with E-state index in [0.717, 1.165) is 17.5 Å². The Labute approximate surface area is 226 Å². The van der Waals surface area contributed by atoms with Crippen LogP contribution in [0.2, 0.25) is 0 Å². The van der Waals surface area contributed by atoms with Gasteiger partial charge in [0.2, 0.25) is 5.95 Å². The molecule has 1 saturated heterocycles. The number of aliphatic hydroxyl groups is 1. The standard InChI is InChI=1S/C31H31N3O5/c1-5-15-38-23-8-6-7-21(17-23)28(35)26-27(20-10-12-22(13-11-20)39-18(2)3)34(30(37)29(26)36)31-32-24-14-9-19(4)16-25(24)33-31/h6-14,16-18,27,35H,5,15H2,1-4H3,(H,32,33)/b28-26+. The van der Waals surface area contributed by atoms with Crippen molar-refractivity contribution >= 4 is 34.4 Å². The number of aryl methyl sites for hydroxylation is 1. The lowest BCUT2D eigenvalue weighted by Crippen LogP contribution is -2.30. The molecule has 8 heteroatoms. The van der Waals surface area contributed by atoms with Gasteiger partial charge in [-0.05, 0) is 74.7 Å². The summed E-state index contributed by atoms with van der Waals surface area (Å²) in [6.07, 6.45) is 0.817. The van der Waals surface area contributed by atoms with E-state index in [0.29, 0.717) is 34.7 Å². The molecule has 4 aromatic rings. The molecule has 0 spiro atoms. The summed E-state index contributed by atoms with van der Waals surface area (Å²) >= 11 is 0. The number of H-pyrrole nitrogens is 1. The Morgan fingerprint density at radius 1 is 1.05 bits per heavy atom. The number of aromatic nitrogens is 2. The first kappa shape index (κ1) is 26.0. The summed E-state index contributed by atoms with van der Waals surface area (Å²) in [5, 5.41) is 11.5. The van der Waals surface area contributed by atoms with Crippen LogP contribution >= 0.6 is 0 Å². The summed E-state index contributed by atoms with van der Waals surface area (Å²) in [6, 6.07) is 18.8. The van der Waals surface area contributed by atoms with E-state index in [2.05, 4.69) is 9.97 Å². The first-order valence-electron chi connectivity index (χ1n) is 13.0. The van der Waals surface area contributed by atoms with Gasteiger partial charge in [-0.1, -0.05) is 37.3 Å². The van der Waals surface area contributed by atoms with E-state index in [-0.39, 0.29) is 23.4 Å². The van der Waals surface area contributed by atoms with E-state index >= 15 is 0 Å². The van der Waals surface area contributed by atoms with Gasteiger partial charge in [0.05, 0.1) is 35.4 Å². The Balaban J connectivity index is 1.66. The Kier molecular flexibility index (Phi) is 7.11. The number of anilines is 1. The minimum absolute atomic E-state index is 0.0114. The number of rotatable bonds is 8. The first-order valence-corrected chi connectivity index (χ1v) is 13.0. The van der Waals surface area contributed by atoms with Crippen LogP contribution in [-0.4, -0.2) is 39.5 Å². The number of nitrogens with one attached hydrogen (secondary N) is 1. The number of aliphatic hydroxyl groups excluding tert-OH is 1. The number of fused-ring (bicyclic) bond motifs is 1. The van der Waals surface area contributed by atoms with Gasteiger partial charge in [0.15, 0.2) is 0 Å². The van der Waals surface area contributed by atoms with Crippen LogP contribution in [0.5, 0.6) is 11.5 Å². The van der Waals surface area contributed by atoms with Crippen LogP contribution in [-0.2, 0) is 9.59 Å². The lowest BCUT2D eigenvalue weighted by atomic mass is 9.95. The Hall–Kier alpha value is -4.59. The molecule has 1 aromatic heterocycles. The van der Waals surface area contributed by atoms with Gasteiger partial charge in [-0.3, -0.25) is 14.5 Å². The summed E-state index contributed by atoms with van der Waals surface area (Å²) in [7, 11) is 0. The second-order valence-electron chi connectivity index (χ2n) is 9.86. The molecule has 39 heavy (non-hydrogen) atoms. The third-order valence-electron chi connectivity index (χ3n) is 6.45. The van der Waals surface area contributed by atoms with Crippen molar-refractivity contribution in [3.05, 3.63) is 89.0 Å². The van der Waals surface area contributed by atoms with Gasteiger partial charge in [0.1, 0.15) is 17.3 Å². The number of nitrogens with zero attached hydrogens (tertiary/aromatic N) is 2. The van der Waals surface area contributed by atoms with Crippen molar-refractivity contribution in [3.8, 4) is 11.5 Å². The molecule has 3 aromatic carbocycles. The summed E-state index contributed by atoms with van der Waals surface area (Å²) in [5.41, 5.74) is 3.42.